The number of rotatable bonds is 8. The van der Waals surface area contributed by atoms with Crippen LogP contribution in [0.25, 0.3) is 0 Å². The molecular formula is C17H28FNO. The zero-order valence-corrected chi connectivity index (χ0v) is 13.4. The number of ether oxygens (including phenoxy) is 1. The van der Waals surface area contributed by atoms with Gasteiger partial charge in [-0.25, -0.2) is 4.39 Å². The predicted molar refractivity (Wildman–Crippen MR) is 82.8 cm³/mol. The molecule has 1 aromatic carbocycles. The molecule has 20 heavy (non-hydrogen) atoms. The smallest absolute Gasteiger partial charge is 0.126 e. The molecule has 0 heterocycles. The van der Waals surface area contributed by atoms with E-state index in [-0.39, 0.29) is 11.9 Å². The van der Waals surface area contributed by atoms with Crippen LogP contribution in [0.15, 0.2) is 12.1 Å². The maximum absolute atomic E-state index is 13.8. The van der Waals surface area contributed by atoms with Gasteiger partial charge in [0.15, 0.2) is 0 Å². The molecule has 0 fully saturated rings. The van der Waals surface area contributed by atoms with Crippen LogP contribution in [-0.4, -0.2) is 13.2 Å². The fourth-order valence-electron chi connectivity index (χ4n) is 2.36. The highest BCUT2D eigenvalue weighted by Crippen LogP contribution is 2.29. The van der Waals surface area contributed by atoms with Crippen molar-refractivity contribution in [1.29, 1.82) is 0 Å². The van der Waals surface area contributed by atoms with E-state index < -0.39 is 0 Å². The van der Waals surface area contributed by atoms with Crippen molar-refractivity contribution in [2.75, 3.05) is 13.2 Å². The fraction of sp³-hybridized carbons (Fsp3) is 0.647. The van der Waals surface area contributed by atoms with Crippen molar-refractivity contribution in [3.05, 3.63) is 29.1 Å². The normalized spacial score (nSPS) is 14.1. The molecule has 3 heteroatoms. The second-order valence-corrected chi connectivity index (χ2v) is 5.62. The third-order valence-corrected chi connectivity index (χ3v) is 3.57. The van der Waals surface area contributed by atoms with Gasteiger partial charge < -0.3 is 10.1 Å². The molecule has 0 radical (unpaired) electrons. The summed E-state index contributed by atoms with van der Waals surface area (Å²) in [5.41, 5.74) is 1.54. The lowest BCUT2D eigenvalue weighted by Crippen LogP contribution is -2.19. The molecule has 114 valence electrons. The Hall–Kier alpha value is -1.09. The second kappa shape index (κ2) is 8.25. The van der Waals surface area contributed by atoms with Crippen molar-refractivity contribution < 1.29 is 9.13 Å². The van der Waals surface area contributed by atoms with Gasteiger partial charge in [-0.15, -0.1) is 0 Å². The summed E-state index contributed by atoms with van der Waals surface area (Å²) in [5, 5.41) is 3.31. The summed E-state index contributed by atoms with van der Waals surface area (Å²) in [6.45, 7) is 11.8. The van der Waals surface area contributed by atoms with Crippen molar-refractivity contribution >= 4 is 0 Å². The van der Waals surface area contributed by atoms with E-state index in [4.69, 9.17) is 4.74 Å². The number of aryl methyl sites for hydroxylation is 1. The average molecular weight is 281 g/mol. The molecule has 0 spiro atoms. The van der Waals surface area contributed by atoms with Crippen molar-refractivity contribution in [1.82, 2.24) is 5.32 Å². The van der Waals surface area contributed by atoms with E-state index in [0.717, 1.165) is 30.7 Å². The molecule has 1 aromatic rings. The van der Waals surface area contributed by atoms with E-state index in [9.17, 15) is 4.39 Å². The zero-order chi connectivity index (χ0) is 15.1. The fourth-order valence-corrected chi connectivity index (χ4v) is 2.36. The second-order valence-electron chi connectivity index (χ2n) is 5.62. The number of halogens is 1. The summed E-state index contributed by atoms with van der Waals surface area (Å²) >= 11 is 0. The van der Waals surface area contributed by atoms with Crippen LogP contribution >= 0.6 is 0 Å². The molecule has 2 nitrogen and oxygen atoms in total. The Morgan fingerprint density at radius 1 is 1.25 bits per heavy atom. The number of hydrogen-bond acceptors (Lipinski definition) is 2. The van der Waals surface area contributed by atoms with E-state index in [1.54, 1.807) is 13.0 Å². The van der Waals surface area contributed by atoms with Crippen LogP contribution in [0.3, 0.4) is 0 Å². The van der Waals surface area contributed by atoms with Gasteiger partial charge in [0.25, 0.3) is 0 Å². The highest BCUT2D eigenvalue weighted by molar-refractivity contribution is 5.40. The maximum atomic E-state index is 13.8. The lowest BCUT2D eigenvalue weighted by molar-refractivity contribution is 0.247. The lowest BCUT2D eigenvalue weighted by atomic mass is 10.0. The maximum Gasteiger partial charge on any atom is 0.126 e. The summed E-state index contributed by atoms with van der Waals surface area (Å²) in [7, 11) is 0. The molecule has 0 aromatic heterocycles. The monoisotopic (exact) mass is 281 g/mol. The Balaban J connectivity index is 2.89. The first-order chi connectivity index (χ1) is 9.49. The third-order valence-electron chi connectivity index (χ3n) is 3.57. The molecule has 0 aliphatic rings. The van der Waals surface area contributed by atoms with E-state index in [2.05, 4.69) is 19.2 Å². The quantitative estimate of drug-likeness (QED) is 0.750. The van der Waals surface area contributed by atoms with Gasteiger partial charge in [-0.1, -0.05) is 27.2 Å². The Morgan fingerprint density at radius 2 is 1.95 bits per heavy atom. The minimum atomic E-state index is -0.168. The molecule has 0 saturated carbocycles. The van der Waals surface area contributed by atoms with E-state index in [1.807, 2.05) is 19.9 Å². The molecular weight excluding hydrogens is 253 g/mol. The molecule has 0 aliphatic carbocycles. The first kappa shape index (κ1) is 17.0. The first-order valence-corrected chi connectivity index (χ1v) is 7.65. The Bertz CT molecular complexity index is 420. The van der Waals surface area contributed by atoms with Crippen molar-refractivity contribution in [3.8, 4) is 5.75 Å². The summed E-state index contributed by atoms with van der Waals surface area (Å²) in [4.78, 5) is 0. The van der Waals surface area contributed by atoms with Crippen molar-refractivity contribution in [2.45, 2.75) is 53.5 Å². The molecule has 1 rings (SSSR count). The molecule has 0 saturated heterocycles. The SMILES string of the molecule is CCCC(C)COc1cc(C)c(F)cc1C(C)NCC. The number of hydrogen-bond donors (Lipinski definition) is 1. The summed E-state index contributed by atoms with van der Waals surface area (Å²) in [6, 6.07) is 3.51. The molecule has 0 bridgehead atoms. The molecule has 0 aliphatic heterocycles. The van der Waals surface area contributed by atoms with Crippen molar-refractivity contribution in [2.24, 2.45) is 5.92 Å². The average Bonchev–Trinajstić information content (AvgIpc) is 2.40. The van der Waals surface area contributed by atoms with Gasteiger partial charge in [0, 0.05) is 11.6 Å². The highest BCUT2D eigenvalue weighted by Gasteiger charge is 2.15. The van der Waals surface area contributed by atoms with Crippen LogP contribution in [0.2, 0.25) is 0 Å². The predicted octanol–water partition coefficient (Wildman–Crippen LogP) is 4.62. The van der Waals surface area contributed by atoms with Gasteiger partial charge in [0.2, 0.25) is 0 Å². The summed E-state index contributed by atoms with van der Waals surface area (Å²) in [6.07, 6.45) is 2.31. The minimum absolute atomic E-state index is 0.0894. The van der Waals surface area contributed by atoms with Crippen LogP contribution in [-0.2, 0) is 0 Å². The number of nitrogens with one attached hydrogen (secondary N) is 1. The van der Waals surface area contributed by atoms with Gasteiger partial charge in [-0.2, -0.15) is 0 Å². The van der Waals surface area contributed by atoms with Crippen LogP contribution in [0.5, 0.6) is 5.75 Å². The van der Waals surface area contributed by atoms with Crippen LogP contribution in [0, 0.1) is 18.7 Å². The van der Waals surface area contributed by atoms with E-state index in [0.29, 0.717) is 18.1 Å². The Morgan fingerprint density at radius 3 is 2.55 bits per heavy atom. The van der Waals surface area contributed by atoms with Crippen LogP contribution in [0.4, 0.5) is 4.39 Å². The van der Waals surface area contributed by atoms with Crippen LogP contribution < -0.4 is 10.1 Å². The first-order valence-electron chi connectivity index (χ1n) is 7.65. The lowest BCUT2D eigenvalue weighted by Gasteiger charge is -2.20. The van der Waals surface area contributed by atoms with Crippen molar-refractivity contribution in [3.63, 3.8) is 0 Å². The summed E-state index contributed by atoms with van der Waals surface area (Å²) in [5.74, 6) is 1.16. The van der Waals surface area contributed by atoms with Crippen LogP contribution in [0.1, 0.15) is 57.7 Å². The Labute approximate surface area is 122 Å². The largest absolute Gasteiger partial charge is 0.493 e. The third kappa shape index (κ3) is 4.78. The summed E-state index contributed by atoms with van der Waals surface area (Å²) < 4.78 is 19.7. The number of benzene rings is 1. The standard InChI is InChI=1S/C17H28FNO/c1-6-8-12(3)11-20-17-9-13(4)16(18)10-15(17)14(5)19-7-2/h9-10,12,14,19H,6-8,11H2,1-5H3. The van der Waals surface area contributed by atoms with Gasteiger partial charge in [0.05, 0.1) is 6.61 Å². The minimum Gasteiger partial charge on any atom is -0.493 e. The van der Waals surface area contributed by atoms with E-state index in [1.165, 1.54) is 0 Å². The Kier molecular flexibility index (Phi) is 7.00. The molecule has 1 N–H and O–H groups in total. The van der Waals surface area contributed by atoms with Gasteiger partial charge in [-0.05, 0) is 50.4 Å². The molecule has 2 atom stereocenters. The highest BCUT2D eigenvalue weighted by atomic mass is 19.1. The zero-order valence-electron chi connectivity index (χ0n) is 13.4. The molecule has 2 unspecified atom stereocenters. The van der Waals surface area contributed by atoms with Gasteiger partial charge in [0.1, 0.15) is 11.6 Å². The van der Waals surface area contributed by atoms with Gasteiger partial charge in [-0.3, -0.25) is 0 Å². The topological polar surface area (TPSA) is 21.3 Å². The van der Waals surface area contributed by atoms with E-state index >= 15 is 0 Å². The molecule has 0 amide bonds. The van der Waals surface area contributed by atoms with Gasteiger partial charge >= 0.3 is 0 Å².